The van der Waals surface area contributed by atoms with Gasteiger partial charge in [-0.2, -0.15) is 0 Å². The standard InChI is InChI=1S/C14H26/c1-11(2)10-13-8-5-7-12-6-3-4-9-14(12)13/h11-14H,3-10H2,1-2H3. The van der Waals surface area contributed by atoms with Crippen molar-refractivity contribution in [3.63, 3.8) is 0 Å². The van der Waals surface area contributed by atoms with E-state index in [1.807, 2.05) is 0 Å². The first-order valence-electron chi connectivity index (χ1n) is 6.77. The van der Waals surface area contributed by atoms with Crippen LogP contribution in [0.4, 0.5) is 0 Å². The fraction of sp³-hybridized carbons (Fsp3) is 1.00. The highest BCUT2D eigenvalue weighted by Crippen LogP contribution is 2.45. The molecule has 0 heterocycles. The summed E-state index contributed by atoms with van der Waals surface area (Å²) < 4.78 is 0. The van der Waals surface area contributed by atoms with Gasteiger partial charge in [0.2, 0.25) is 0 Å². The summed E-state index contributed by atoms with van der Waals surface area (Å²) in [4.78, 5) is 0. The molecule has 0 aliphatic heterocycles. The number of hydrogen-bond acceptors (Lipinski definition) is 0. The van der Waals surface area contributed by atoms with Gasteiger partial charge in [-0.15, -0.1) is 0 Å². The predicted octanol–water partition coefficient (Wildman–Crippen LogP) is 4.64. The zero-order chi connectivity index (χ0) is 9.97. The van der Waals surface area contributed by atoms with Crippen LogP contribution in [0.1, 0.15) is 65.2 Å². The number of hydrogen-bond donors (Lipinski definition) is 0. The Morgan fingerprint density at radius 2 is 1.64 bits per heavy atom. The summed E-state index contributed by atoms with van der Waals surface area (Å²) in [6.45, 7) is 4.79. The summed E-state index contributed by atoms with van der Waals surface area (Å²) in [6, 6.07) is 0. The van der Waals surface area contributed by atoms with Crippen LogP contribution in [0.3, 0.4) is 0 Å². The van der Waals surface area contributed by atoms with Crippen LogP contribution < -0.4 is 0 Å². The van der Waals surface area contributed by atoms with E-state index in [9.17, 15) is 0 Å². The monoisotopic (exact) mass is 194 g/mol. The van der Waals surface area contributed by atoms with E-state index < -0.39 is 0 Å². The van der Waals surface area contributed by atoms with E-state index in [1.54, 1.807) is 25.7 Å². The smallest absolute Gasteiger partial charge is 0.0357 e. The lowest BCUT2D eigenvalue weighted by Gasteiger charge is -2.42. The number of fused-ring (bicyclic) bond motifs is 1. The third-order valence-corrected chi connectivity index (χ3v) is 4.50. The zero-order valence-electron chi connectivity index (χ0n) is 9.97. The van der Waals surface area contributed by atoms with Gasteiger partial charge < -0.3 is 0 Å². The predicted molar refractivity (Wildman–Crippen MR) is 62.2 cm³/mol. The fourth-order valence-electron chi connectivity index (χ4n) is 3.97. The summed E-state index contributed by atoms with van der Waals surface area (Å²) in [5.41, 5.74) is 0. The second kappa shape index (κ2) is 4.68. The Balaban J connectivity index is 1.94. The molecule has 0 heteroatoms. The average molecular weight is 194 g/mol. The molecule has 2 fully saturated rings. The largest absolute Gasteiger partial charge is 0.0628 e. The molecule has 0 saturated heterocycles. The van der Waals surface area contributed by atoms with Crippen molar-refractivity contribution in [2.45, 2.75) is 65.2 Å². The van der Waals surface area contributed by atoms with E-state index >= 15 is 0 Å². The Morgan fingerprint density at radius 1 is 0.929 bits per heavy atom. The Kier molecular flexibility index (Phi) is 3.52. The molecule has 0 radical (unpaired) electrons. The summed E-state index contributed by atoms with van der Waals surface area (Å²) in [6.07, 6.45) is 12.3. The van der Waals surface area contributed by atoms with Crippen LogP contribution in [0.25, 0.3) is 0 Å². The lowest BCUT2D eigenvalue weighted by molar-refractivity contribution is 0.0898. The molecular weight excluding hydrogens is 168 g/mol. The van der Waals surface area contributed by atoms with Gasteiger partial charge in [0.05, 0.1) is 0 Å². The van der Waals surface area contributed by atoms with E-state index in [0.717, 1.165) is 23.7 Å². The van der Waals surface area contributed by atoms with Crippen molar-refractivity contribution >= 4 is 0 Å². The molecular formula is C14H26. The first-order valence-corrected chi connectivity index (χ1v) is 6.77. The van der Waals surface area contributed by atoms with Crippen LogP contribution in [0, 0.1) is 23.7 Å². The fourth-order valence-corrected chi connectivity index (χ4v) is 3.97. The first-order chi connectivity index (χ1) is 6.77. The van der Waals surface area contributed by atoms with Gasteiger partial charge in [-0.3, -0.25) is 0 Å². The summed E-state index contributed by atoms with van der Waals surface area (Å²) in [7, 11) is 0. The molecule has 0 aromatic carbocycles. The summed E-state index contributed by atoms with van der Waals surface area (Å²) in [5.74, 6) is 4.26. The minimum atomic E-state index is 0.917. The Labute approximate surface area is 89.5 Å². The van der Waals surface area contributed by atoms with Crippen molar-refractivity contribution in [2.75, 3.05) is 0 Å². The SMILES string of the molecule is CC(C)CC1CCCC2CCCCC21. The normalized spacial score (nSPS) is 38.4. The molecule has 82 valence electrons. The van der Waals surface area contributed by atoms with E-state index in [2.05, 4.69) is 13.8 Å². The Morgan fingerprint density at radius 3 is 2.43 bits per heavy atom. The maximum Gasteiger partial charge on any atom is -0.0357 e. The van der Waals surface area contributed by atoms with Crippen LogP contribution in [-0.4, -0.2) is 0 Å². The topological polar surface area (TPSA) is 0 Å². The Bertz CT molecular complexity index is 169. The lowest BCUT2D eigenvalue weighted by atomic mass is 9.64. The molecule has 3 atom stereocenters. The van der Waals surface area contributed by atoms with Gasteiger partial charge in [0.15, 0.2) is 0 Å². The highest BCUT2D eigenvalue weighted by molar-refractivity contribution is 4.85. The molecule has 2 saturated carbocycles. The van der Waals surface area contributed by atoms with Crippen molar-refractivity contribution in [1.29, 1.82) is 0 Å². The van der Waals surface area contributed by atoms with E-state index in [4.69, 9.17) is 0 Å². The van der Waals surface area contributed by atoms with Crippen molar-refractivity contribution in [1.82, 2.24) is 0 Å². The molecule has 0 nitrogen and oxygen atoms in total. The third-order valence-electron chi connectivity index (χ3n) is 4.50. The van der Waals surface area contributed by atoms with E-state index in [-0.39, 0.29) is 0 Å². The molecule has 0 spiro atoms. The molecule has 2 rings (SSSR count). The van der Waals surface area contributed by atoms with Gasteiger partial charge in [0, 0.05) is 0 Å². The van der Waals surface area contributed by atoms with Gasteiger partial charge in [0.1, 0.15) is 0 Å². The van der Waals surface area contributed by atoms with Crippen LogP contribution in [0.2, 0.25) is 0 Å². The molecule has 0 bridgehead atoms. The van der Waals surface area contributed by atoms with Crippen molar-refractivity contribution < 1.29 is 0 Å². The van der Waals surface area contributed by atoms with E-state index in [0.29, 0.717) is 0 Å². The van der Waals surface area contributed by atoms with E-state index in [1.165, 1.54) is 25.7 Å². The van der Waals surface area contributed by atoms with Crippen LogP contribution in [0.15, 0.2) is 0 Å². The van der Waals surface area contributed by atoms with Gasteiger partial charge in [-0.1, -0.05) is 52.4 Å². The minimum absolute atomic E-state index is 0.917. The average Bonchev–Trinajstić information content (AvgIpc) is 2.18. The molecule has 2 aliphatic carbocycles. The highest BCUT2D eigenvalue weighted by atomic mass is 14.4. The summed E-state index contributed by atoms with van der Waals surface area (Å²) in [5, 5.41) is 0. The molecule has 0 aromatic heterocycles. The maximum atomic E-state index is 2.40. The molecule has 0 amide bonds. The van der Waals surface area contributed by atoms with Gasteiger partial charge >= 0.3 is 0 Å². The van der Waals surface area contributed by atoms with Crippen LogP contribution >= 0.6 is 0 Å². The lowest BCUT2D eigenvalue weighted by Crippen LogP contribution is -2.31. The van der Waals surface area contributed by atoms with Crippen LogP contribution in [0.5, 0.6) is 0 Å². The van der Waals surface area contributed by atoms with Gasteiger partial charge in [-0.05, 0) is 36.5 Å². The maximum absolute atomic E-state index is 2.40. The van der Waals surface area contributed by atoms with Crippen LogP contribution in [-0.2, 0) is 0 Å². The minimum Gasteiger partial charge on any atom is -0.0628 e. The van der Waals surface area contributed by atoms with Crippen molar-refractivity contribution in [3.05, 3.63) is 0 Å². The molecule has 3 unspecified atom stereocenters. The van der Waals surface area contributed by atoms with Gasteiger partial charge in [-0.25, -0.2) is 0 Å². The quantitative estimate of drug-likeness (QED) is 0.601. The zero-order valence-corrected chi connectivity index (χ0v) is 9.97. The molecule has 2 aliphatic rings. The van der Waals surface area contributed by atoms with Crippen molar-refractivity contribution in [3.8, 4) is 0 Å². The van der Waals surface area contributed by atoms with Gasteiger partial charge in [0.25, 0.3) is 0 Å². The highest BCUT2D eigenvalue weighted by Gasteiger charge is 2.34. The van der Waals surface area contributed by atoms with Crippen molar-refractivity contribution in [2.24, 2.45) is 23.7 Å². The second-order valence-electron chi connectivity index (χ2n) is 6.03. The first kappa shape index (κ1) is 10.5. The molecule has 14 heavy (non-hydrogen) atoms. The Hall–Kier alpha value is 0. The number of rotatable bonds is 2. The second-order valence-corrected chi connectivity index (χ2v) is 6.03. The molecule has 0 N–H and O–H groups in total. The molecule has 0 aromatic rings. The summed E-state index contributed by atoms with van der Waals surface area (Å²) >= 11 is 0. The third kappa shape index (κ3) is 2.32.